The summed E-state index contributed by atoms with van der Waals surface area (Å²) in [6.07, 6.45) is 1.61. The Morgan fingerprint density at radius 3 is 2.48 bits per heavy atom. The smallest absolute Gasteiger partial charge is 0.272 e. The molecule has 0 aliphatic rings. The molecule has 2 aromatic heterocycles. The SMILES string of the molecule is O=C(N/N=C/c1ccc(Br)cc1)c1cc(-c2nc3ccccc3[nH]2)nc2ccccc12. The van der Waals surface area contributed by atoms with Crippen LogP contribution in [-0.2, 0) is 0 Å². The molecule has 0 saturated heterocycles. The lowest BCUT2D eigenvalue weighted by atomic mass is 10.1. The van der Waals surface area contributed by atoms with E-state index in [1.807, 2.05) is 72.8 Å². The zero-order valence-electron chi connectivity index (χ0n) is 16.2. The number of halogens is 1. The van der Waals surface area contributed by atoms with Gasteiger partial charge in [-0.1, -0.05) is 58.4 Å². The van der Waals surface area contributed by atoms with Crippen molar-refractivity contribution in [3.8, 4) is 11.5 Å². The predicted octanol–water partition coefficient (Wildman–Crippen LogP) is 5.30. The molecule has 0 fully saturated rings. The Morgan fingerprint density at radius 1 is 0.935 bits per heavy atom. The second-order valence-electron chi connectivity index (χ2n) is 6.93. The molecule has 0 aliphatic heterocycles. The summed E-state index contributed by atoms with van der Waals surface area (Å²) in [7, 11) is 0. The van der Waals surface area contributed by atoms with E-state index in [2.05, 4.69) is 36.4 Å². The molecule has 0 spiro atoms. The zero-order chi connectivity index (χ0) is 21.2. The molecule has 150 valence electrons. The Hall–Kier alpha value is -3.84. The van der Waals surface area contributed by atoms with Crippen molar-refractivity contribution in [1.29, 1.82) is 0 Å². The molecule has 6 nitrogen and oxygen atoms in total. The van der Waals surface area contributed by atoms with Gasteiger partial charge >= 0.3 is 0 Å². The fraction of sp³-hybridized carbons (Fsp3) is 0. The fourth-order valence-electron chi connectivity index (χ4n) is 3.33. The molecule has 31 heavy (non-hydrogen) atoms. The minimum absolute atomic E-state index is 0.315. The number of hydrogen-bond acceptors (Lipinski definition) is 4. The number of nitrogens with one attached hydrogen (secondary N) is 2. The number of aromatic amines is 1. The van der Waals surface area contributed by atoms with Crippen LogP contribution in [0.15, 0.2) is 88.4 Å². The number of fused-ring (bicyclic) bond motifs is 2. The predicted molar refractivity (Wildman–Crippen MR) is 126 cm³/mol. The molecule has 2 N–H and O–H groups in total. The monoisotopic (exact) mass is 469 g/mol. The lowest BCUT2D eigenvalue weighted by molar-refractivity contribution is 0.0956. The van der Waals surface area contributed by atoms with Crippen molar-refractivity contribution in [2.75, 3.05) is 0 Å². The first-order valence-corrected chi connectivity index (χ1v) is 10.4. The third-order valence-electron chi connectivity index (χ3n) is 4.84. The summed E-state index contributed by atoms with van der Waals surface area (Å²) in [6, 6.07) is 24.7. The highest BCUT2D eigenvalue weighted by Crippen LogP contribution is 2.25. The molecule has 0 saturated carbocycles. The lowest BCUT2D eigenvalue weighted by Gasteiger charge is -2.07. The van der Waals surface area contributed by atoms with E-state index in [-0.39, 0.29) is 5.91 Å². The Labute approximate surface area is 186 Å². The summed E-state index contributed by atoms with van der Waals surface area (Å²) >= 11 is 3.40. The summed E-state index contributed by atoms with van der Waals surface area (Å²) in [5.41, 5.74) is 7.05. The lowest BCUT2D eigenvalue weighted by Crippen LogP contribution is -2.18. The minimum Gasteiger partial charge on any atom is -0.337 e. The number of H-pyrrole nitrogens is 1. The van der Waals surface area contributed by atoms with Crippen LogP contribution in [0.25, 0.3) is 33.5 Å². The van der Waals surface area contributed by atoms with Crippen LogP contribution >= 0.6 is 15.9 Å². The van der Waals surface area contributed by atoms with E-state index in [0.29, 0.717) is 22.6 Å². The summed E-state index contributed by atoms with van der Waals surface area (Å²) in [5, 5.41) is 4.86. The molecule has 0 radical (unpaired) electrons. The first-order valence-electron chi connectivity index (χ1n) is 9.61. The van der Waals surface area contributed by atoms with Gasteiger partial charge in [-0.15, -0.1) is 0 Å². The summed E-state index contributed by atoms with van der Waals surface area (Å²) < 4.78 is 0.982. The number of para-hydroxylation sites is 3. The number of nitrogens with zero attached hydrogens (tertiary/aromatic N) is 3. The van der Waals surface area contributed by atoms with Gasteiger partial charge in [0.25, 0.3) is 5.91 Å². The second-order valence-corrected chi connectivity index (χ2v) is 7.84. The molecule has 1 amide bonds. The first-order chi connectivity index (χ1) is 15.2. The topological polar surface area (TPSA) is 83.0 Å². The van der Waals surface area contributed by atoms with E-state index >= 15 is 0 Å². The normalized spacial score (nSPS) is 11.4. The van der Waals surface area contributed by atoms with Crippen molar-refractivity contribution in [2.24, 2.45) is 5.10 Å². The number of pyridine rings is 1. The van der Waals surface area contributed by atoms with Gasteiger partial charge in [-0.25, -0.2) is 15.4 Å². The van der Waals surface area contributed by atoms with E-state index in [9.17, 15) is 4.79 Å². The number of imidazole rings is 1. The van der Waals surface area contributed by atoms with Gasteiger partial charge < -0.3 is 4.98 Å². The summed E-state index contributed by atoms with van der Waals surface area (Å²) in [4.78, 5) is 25.6. The molecular weight excluding hydrogens is 454 g/mol. The molecule has 2 heterocycles. The Balaban J connectivity index is 1.51. The van der Waals surface area contributed by atoms with Crippen LogP contribution in [0.1, 0.15) is 15.9 Å². The van der Waals surface area contributed by atoms with Crippen molar-refractivity contribution in [3.05, 3.63) is 94.5 Å². The van der Waals surface area contributed by atoms with Gasteiger partial charge in [0.05, 0.1) is 28.3 Å². The third kappa shape index (κ3) is 3.95. The van der Waals surface area contributed by atoms with E-state index in [0.717, 1.165) is 26.5 Å². The van der Waals surface area contributed by atoms with Crippen LogP contribution in [0.3, 0.4) is 0 Å². The van der Waals surface area contributed by atoms with Gasteiger partial charge in [0, 0.05) is 9.86 Å². The maximum atomic E-state index is 13.0. The van der Waals surface area contributed by atoms with Gasteiger partial charge in [-0.3, -0.25) is 4.79 Å². The quantitative estimate of drug-likeness (QED) is 0.276. The number of amides is 1. The van der Waals surface area contributed by atoms with Crippen molar-refractivity contribution in [2.45, 2.75) is 0 Å². The molecule has 0 atom stereocenters. The Kier molecular flexibility index (Phi) is 5.01. The average molecular weight is 470 g/mol. The molecule has 7 heteroatoms. The van der Waals surface area contributed by atoms with Gasteiger partial charge in [0.15, 0.2) is 5.82 Å². The number of benzene rings is 3. The molecular formula is C24H16BrN5O. The zero-order valence-corrected chi connectivity index (χ0v) is 17.8. The van der Waals surface area contributed by atoms with Crippen molar-refractivity contribution in [3.63, 3.8) is 0 Å². The van der Waals surface area contributed by atoms with Crippen molar-refractivity contribution >= 4 is 50.0 Å². The summed E-state index contributed by atoms with van der Waals surface area (Å²) in [6.45, 7) is 0. The standard InChI is InChI=1S/C24H16BrN5O/c25-16-11-9-15(10-12-16)14-26-30-24(31)18-13-22(27-19-6-2-1-5-17(18)19)23-28-20-7-3-4-8-21(20)29-23/h1-14H,(H,28,29)(H,30,31)/b26-14+. The molecule has 0 aliphatic carbocycles. The number of hydrazone groups is 1. The Bertz CT molecular complexity index is 1410. The molecule has 5 aromatic rings. The van der Waals surface area contributed by atoms with Crippen LogP contribution in [0, 0.1) is 0 Å². The molecule has 5 rings (SSSR count). The number of carbonyl (C=O) groups is 1. The fourth-order valence-corrected chi connectivity index (χ4v) is 3.60. The molecule has 0 unspecified atom stereocenters. The highest BCUT2D eigenvalue weighted by Gasteiger charge is 2.15. The van der Waals surface area contributed by atoms with Crippen LogP contribution in [0.5, 0.6) is 0 Å². The number of carbonyl (C=O) groups excluding carboxylic acids is 1. The van der Waals surface area contributed by atoms with Gasteiger partial charge in [0.2, 0.25) is 0 Å². The van der Waals surface area contributed by atoms with Crippen LogP contribution in [0.2, 0.25) is 0 Å². The van der Waals surface area contributed by atoms with E-state index in [4.69, 9.17) is 4.98 Å². The number of rotatable bonds is 4. The van der Waals surface area contributed by atoms with Crippen molar-refractivity contribution in [1.82, 2.24) is 20.4 Å². The number of hydrogen-bond donors (Lipinski definition) is 2. The first kappa shape index (κ1) is 19.1. The van der Waals surface area contributed by atoms with E-state index in [1.165, 1.54) is 0 Å². The molecule has 3 aromatic carbocycles. The third-order valence-corrected chi connectivity index (χ3v) is 5.37. The highest BCUT2D eigenvalue weighted by atomic mass is 79.9. The average Bonchev–Trinajstić information content (AvgIpc) is 3.24. The van der Waals surface area contributed by atoms with Gasteiger partial charge in [-0.2, -0.15) is 5.10 Å². The van der Waals surface area contributed by atoms with E-state index < -0.39 is 0 Å². The molecule has 0 bridgehead atoms. The second kappa shape index (κ2) is 8.12. The maximum absolute atomic E-state index is 13.0. The van der Waals surface area contributed by atoms with Crippen molar-refractivity contribution < 1.29 is 4.79 Å². The highest BCUT2D eigenvalue weighted by molar-refractivity contribution is 9.10. The van der Waals surface area contributed by atoms with Crippen LogP contribution in [0.4, 0.5) is 0 Å². The minimum atomic E-state index is -0.315. The Morgan fingerprint density at radius 2 is 1.68 bits per heavy atom. The number of aromatic nitrogens is 3. The largest absolute Gasteiger partial charge is 0.337 e. The summed E-state index contributed by atoms with van der Waals surface area (Å²) in [5.74, 6) is 0.295. The van der Waals surface area contributed by atoms with Gasteiger partial charge in [-0.05, 0) is 42.0 Å². The van der Waals surface area contributed by atoms with Gasteiger partial charge in [0.1, 0.15) is 5.69 Å². The maximum Gasteiger partial charge on any atom is 0.272 e. The van der Waals surface area contributed by atoms with E-state index in [1.54, 1.807) is 12.3 Å². The van der Waals surface area contributed by atoms with Crippen LogP contribution in [-0.4, -0.2) is 27.1 Å². The van der Waals surface area contributed by atoms with Crippen LogP contribution < -0.4 is 5.43 Å².